The van der Waals surface area contributed by atoms with Crippen LogP contribution < -0.4 is 5.32 Å². The van der Waals surface area contributed by atoms with E-state index >= 15 is 0 Å². The monoisotopic (exact) mass is 353 g/mol. The van der Waals surface area contributed by atoms with Crippen LogP contribution in [-0.2, 0) is 9.84 Å². The standard InChI is InChI=1S/C21H23NO2S/c1-3-5-14-20-18(4-2)22-21(16-11-7-6-8-12-16)17-13-9-10-15-19(17)25(20,23)24/h6-13,15,18,20-22H,4,14H2,1-2H3. The molecule has 0 saturated carbocycles. The van der Waals surface area contributed by atoms with Gasteiger partial charge in [0.15, 0.2) is 9.84 Å². The fourth-order valence-corrected chi connectivity index (χ4v) is 5.64. The molecule has 3 nitrogen and oxygen atoms in total. The van der Waals surface area contributed by atoms with E-state index in [-0.39, 0.29) is 12.1 Å². The first-order valence-corrected chi connectivity index (χ1v) is 10.2. The van der Waals surface area contributed by atoms with Crippen LogP contribution in [0.2, 0.25) is 0 Å². The van der Waals surface area contributed by atoms with Gasteiger partial charge in [0.05, 0.1) is 16.2 Å². The summed E-state index contributed by atoms with van der Waals surface area (Å²) in [6, 6.07) is 17.1. The summed E-state index contributed by atoms with van der Waals surface area (Å²) in [6.07, 6.45) is 1.08. The number of hydrogen-bond acceptors (Lipinski definition) is 3. The van der Waals surface area contributed by atoms with Crippen molar-refractivity contribution in [2.24, 2.45) is 0 Å². The van der Waals surface area contributed by atoms with E-state index in [2.05, 4.69) is 17.2 Å². The molecule has 3 unspecified atom stereocenters. The smallest absolute Gasteiger partial charge is 0.184 e. The van der Waals surface area contributed by atoms with Crippen molar-refractivity contribution in [3.05, 3.63) is 65.7 Å². The molecule has 0 radical (unpaired) electrons. The van der Waals surface area contributed by atoms with Gasteiger partial charge in [-0.2, -0.15) is 0 Å². The van der Waals surface area contributed by atoms with Gasteiger partial charge in [-0.1, -0.05) is 55.5 Å². The Labute approximate surface area is 150 Å². The van der Waals surface area contributed by atoms with Gasteiger partial charge in [-0.05, 0) is 30.5 Å². The number of nitrogens with one attached hydrogen (secondary N) is 1. The molecule has 3 rings (SSSR count). The molecule has 2 aromatic rings. The highest BCUT2D eigenvalue weighted by atomic mass is 32.2. The fourth-order valence-electron chi connectivity index (χ4n) is 3.53. The number of fused-ring (bicyclic) bond motifs is 1. The molecule has 3 atom stereocenters. The van der Waals surface area contributed by atoms with E-state index in [1.807, 2.05) is 49.4 Å². The maximum atomic E-state index is 13.4. The fraction of sp³-hybridized carbons (Fsp3) is 0.333. The van der Waals surface area contributed by atoms with Crippen LogP contribution in [0.3, 0.4) is 0 Å². The quantitative estimate of drug-likeness (QED) is 0.856. The minimum absolute atomic E-state index is 0.142. The molecule has 1 heterocycles. The molecule has 1 aliphatic heterocycles. The average molecular weight is 353 g/mol. The topological polar surface area (TPSA) is 46.2 Å². The third kappa shape index (κ3) is 3.35. The zero-order valence-corrected chi connectivity index (χ0v) is 15.4. The highest BCUT2D eigenvalue weighted by molar-refractivity contribution is 7.92. The summed E-state index contributed by atoms with van der Waals surface area (Å²) in [6.45, 7) is 3.77. The second-order valence-electron chi connectivity index (χ2n) is 6.28. The minimum Gasteiger partial charge on any atom is -0.302 e. The van der Waals surface area contributed by atoms with Gasteiger partial charge in [0.25, 0.3) is 0 Å². The lowest BCUT2D eigenvalue weighted by Gasteiger charge is -2.26. The third-order valence-electron chi connectivity index (χ3n) is 4.82. The molecule has 130 valence electrons. The van der Waals surface area contributed by atoms with Gasteiger partial charge in [-0.3, -0.25) is 0 Å². The van der Waals surface area contributed by atoms with Crippen molar-refractivity contribution < 1.29 is 8.42 Å². The summed E-state index contributed by atoms with van der Waals surface area (Å²) in [5.41, 5.74) is 1.89. The number of sulfone groups is 1. The zero-order valence-electron chi connectivity index (χ0n) is 14.6. The van der Waals surface area contributed by atoms with E-state index < -0.39 is 15.1 Å². The molecule has 0 aliphatic carbocycles. The van der Waals surface area contributed by atoms with Crippen LogP contribution in [-0.4, -0.2) is 19.7 Å². The Morgan fingerprint density at radius 2 is 1.72 bits per heavy atom. The van der Waals surface area contributed by atoms with Crippen molar-refractivity contribution in [3.63, 3.8) is 0 Å². The van der Waals surface area contributed by atoms with Crippen LogP contribution >= 0.6 is 0 Å². The van der Waals surface area contributed by atoms with Gasteiger partial charge >= 0.3 is 0 Å². The predicted molar refractivity (Wildman–Crippen MR) is 101 cm³/mol. The molecule has 0 saturated heterocycles. The Kier molecular flexibility index (Phi) is 5.27. The molecule has 25 heavy (non-hydrogen) atoms. The Morgan fingerprint density at radius 1 is 1.04 bits per heavy atom. The summed E-state index contributed by atoms with van der Waals surface area (Å²) in [5, 5.41) is 3.06. The summed E-state index contributed by atoms with van der Waals surface area (Å²) in [4.78, 5) is 0.426. The van der Waals surface area contributed by atoms with Crippen LogP contribution in [0, 0.1) is 11.8 Å². The molecule has 0 aromatic heterocycles. The van der Waals surface area contributed by atoms with Crippen LogP contribution in [0.4, 0.5) is 0 Å². The lowest BCUT2D eigenvalue weighted by atomic mass is 9.96. The van der Waals surface area contributed by atoms with Gasteiger partial charge in [-0.25, -0.2) is 8.42 Å². The molecule has 1 aliphatic rings. The summed E-state index contributed by atoms with van der Waals surface area (Å²) >= 11 is 0. The van der Waals surface area contributed by atoms with Crippen molar-refractivity contribution in [2.75, 3.05) is 0 Å². The molecular formula is C21H23NO2S. The first-order valence-electron chi connectivity index (χ1n) is 8.63. The summed E-state index contributed by atoms with van der Waals surface area (Å²) < 4.78 is 26.7. The highest BCUT2D eigenvalue weighted by Gasteiger charge is 2.40. The maximum absolute atomic E-state index is 13.4. The number of hydrogen-bond donors (Lipinski definition) is 1. The molecule has 0 fully saturated rings. The zero-order chi connectivity index (χ0) is 17.9. The Hall–Kier alpha value is -2.09. The second kappa shape index (κ2) is 7.43. The molecule has 2 aromatic carbocycles. The molecule has 0 spiro atoms. The molecule has 0 amide bonds. The van der Waals surface area contributed by atoms with Crippen molar-refractivity contribution in [1.82, 2.24) is 5.32 Å². The van der Waals surface area contributed by atoms with Gasteiger partial charge in [-0.15, -0.1) is 11.8 Å². The van der Waals surface area contributed by atoms with Crippen molar-refractivity contribution in [2.45, 2.75) is 48.9 Å². The van der Waals surface area contributed by atoms with E-state index in [4.69, 9.17) is 0 Å². The third-order valence-corrected chi connectivity index (χ3v) is 7.09. The Morgan fingerprint density at radius 3 is 2.40 bits per heavy atom. The first-order chi connectivity index (χ1) is 12.1. The SMILES string of the molecule is CC#CCC1C(CC)NC(c2ccccc2)c2ccccc2S1(=O)=O. The highest BCUT2D eigenvalue weighted by Crippen LogP contribution is 2.36. The Balaban J connectivity index is 2.20. The van der Waals surface area contributed by atoms with E-state index in [0.717, 1.165) is 17.5 Å². The van der Waals surface area contributed by atoms with Gasteiger partial charge in [0, 0.05) is 12.5 Å². The molecule has 1 N–H and O–H groups in total. The number of benzene rings is 2. The van der Waals surface area contributed by atoms with Crippen molar-refractivity contribution in [3.8, 4) is 11.8 Å². The van der Waals surface area contributed by atoms with Crippen LogP contribution in [0.1, 0.15) is 43.9 Å². The van der Waals surface area contributed by atoms with E-state index in [9.17, 15) is 8.42 Å². The normalized spacial score (nSPS) is 24.5. The lowest BCUT2D eigenvalue weighted by Crippen LogP contribution is -2.42. The first kappa shape index (κ1) is 17.7. The van der Waals surface area contributed by atoms with Gasteiger partial charge < -0.3 is 5.32 Å². The molecular weight excluding hydrogens is 330 g/mol. The van der Waals surface area contributed by atoms with Crippen molar-refractivity contribution >= 4 is 9.84 Å². The van der Waals surface area contributed by atoms with E-state index in [0.29, 0.717) is 11.3 Å². The van der Waals surface area contributed by atoms with Crippen molar-refractivity contribution in [1.29, 1.82) is 0 Å². The average Bonchev–Trinajstić information content (AvgIpc) is 2.73. The van der Waals surface area contributed by atoms with E-state index in [1.165, 1.54) is 0 Å². The van der Waals surface area contributed by atoms with Crippen LogP contribution in [0.15, 0.2) is 59.5 Å². The number of rotatable bonds is 3. The van der Waals surface area contributed by atoms with Gasteiger partial charge in [0.2, 0.25) is 0 Å². The predicted octanol–water partition coefficient (Wildman–Crippen LogP) is 3.71. The Bertz CT molecular complexity index is 894. The van der Waals surface area contributed by atoms with E-state index in [1.54, 1.807) is 19.1 Å². The van der Waals surface area contributed by atoms with Gasteiger partial charge in [0.1, 0.15) is 0 Å². The summed E-state index contributed by atoms with van der Waals surface area (Å²) in [7, 11) is -3.46. The van der Waals surface area contributed by atoms with Crippen LogP contribution in [0.25, 0.3) is 0 Å². The maximum Gasteiger partial charge on any atom is 0.184 e. The molecule has 4 heteroatoms. The lowest BCUT2D eigenvalue weighted by molar-refractivity contribution is 0.440. The largest absolute Gasteiger partial charge is 0.302 e. The minimum atomic E-state index is -3.46. The summed E-state index contributed by atoms with van der Waals surface area (Å²) in [5.74, 6) is 5.82. The van der Waals surface area contributed by atoms with Crippen LogP contribution in [0.5, 0.6) is 0 Å². The molecule has 0 bridgehead atoms. The second-order valence-corrected chi connectivity index (χ2v) is 8.41.